The summed E-state index contributed by atoms with van der Waals surface area (Å²) in [6, 6.07) is 9.28. The highest BCUT2D eigenvalue weighted by molar-refractivity contribution is 5.48. The van der Waals surface area contributed by atoms with Crippen LogP contribution in [0.5, 0.6) is 11.5 Å². The molecule has 7 aliphatic rings. The molecule has 0 aliphatic heterocycles. The predicted molar refractivity (Wildman–Crippen MR) is 169 cm³/mol. The lowest BCUT2D eigenvalue weighted by Gasteiger charge is -2.59. The molecule has 0 aromatic heterocycles. The molecular formula is C40H52O2. The van der Waals surface area contributed by atoms with Gasteiger partial charge in [0.05, 0.1) is 0 Å². The second kappa shape index (κ2) is 9.77. The fraction of sp³-hybridized carbons (Fsp3) is 0.700. The van der Waals surface area contributed by atoms with E-state index < -0.39 is 0 Å². The van der Waals surface area contributed by atoms with Gasteiger partial charge in [-0.25, -0.2) is 0 Å². The first-order chi connectivity index (χ1) is 20.5. The number of hydrogen-bond donors (Lipinski definition) is 2. The number of aryl methyl sites for hydroxylation is 2. The third kappa shape index (κ3) is 3.75. The zero-order valence-electron chi connectivity index (χ0n) is 26.0. The summed E-state index contributed by atoms with van der Waals surface area (Å²) >= 11 is 0. The van der Waals surface area contributed by atoms with Crippen molar-refractivity contribution in [3.05, 3.63) is 57.6 Å². The van der Waals surface area contributed by atoms with Crippen molar-refractivity contribution in [3.63, 3.8) is 0 Å². The summed E-state index contributed by atoms with van der Waals surface area (Å²) in [6.45, 7) is 4.55. The van der Waals surface area contributed by atoms with E-state index in [1.807, 2.05) is 0 Å². The van der Waals surface area contributed by atoms with Gasteiger partial charge in [0.1, 0.15) is 11.5 Å². The Kier molecular flexibility index (Phi) is 6.15. The van der Waals surface area contributed by atoms with Gasteiger partial charge < -0.3 is 10.2 Å². The molecule has 0 heterocycles. The van der Waals surface area contributed by atoms with Crippen LogP contribution >= 0.6 is 0 Å². The van der Waals surface area contributed by atoms with Gasteiger partial charge in [0, 0.05) is 0 Å². The molecule has 0 amide bonds. The van der Waals surface area contributed by atoms with Crippen LogP contribution in [0.3, 0.4) is 0 Å². The van der Waals surface area contributed by atoms with E-state index >= 15 is 0 Å². The molecule has 4 bridgehead atoms. The summed E-state index contributed by atoms with van der Waals surface area (Å²) in [5.74, 6) is 11.3. The average molecular weight is 565 g/mol. The first-order valence-corrected chi connectivity index (χ1v) is 18.1. The highest BCUT2D eigenvalue weighted by atomic mass is 16.3. The summed E-state index contributed by atoms with van der Waals surface area (Å²) in [5.41, 5.74) is 8.47. The lowest BCUT2D eigenvalue weighted by atomic mass is 9.45. The van der Waals surface area contributed by atoms with Gasteiger partial charge in [0.2, 0.25) is 0 Å². The zero-order chi connectivity index (χ0) is 28.3. The minimum atomic E-state index is 0.571. The van der Waals surface area contributed by atoms with Gasteiger partial charge in [-0.1, -0.05) is 50.7 Å². The molecule has 0 radical (unpaired) electrons. The van der Waals surface area contributed by atoms with Crippen LogP contribution in [0, 0.1) is 61.2 Å². The SMILES string of the molecule is Cc1cc(O)c(C2CCCCC2)cc1C1CC2CC1C1C2C2C3CC(CC3c3cc(C4CCCCC4)c(O)cc3C)C12. The van der Waals surface area contributed by atoms with Crippen LogP contribution < -0.4 is 0 Å². The van der Waals surface area contributed by atoms with Gasteiger partial charge in [-0.05, 0) is 182 Å². The van der Waals surface area contributed by atoms with Crippen molar-refractivity contribution in [1.29, 1.82) is 0 Å². The molecule has 2 heteroatoms. The summed E-state index contributed by atoms with van der Waals surface area (Å²) in [7, 11) is 0. The molecule has 7 aliphatic carbocycles. The van der Waals surface area contributed by atoms with E-state index in [1.165, 1.54) is 112 Å². The number of aromatic hydroxyl groups is 2. The summed E-state index contributed by atoms with van der Waals surface area (Å²) in [4.78, 5) is 0. The zero-order valence-corrected chi connectivity index (χ0v) is 26.0. The molecule has 6 atom stereocenters. The predicted octanol–water partition coefficient (Wildman–Crippen LogP) is 10.2. The van der Waals surface area contributed by atoms with E-state index in [1.54, 1.807) is 11.1 Å². The molecule has 2 nitrogen and oxygen atoms in total. The summed E-state index contributed by atoms with van der Waals surface area (Å²) in [6.07, 6.45) is 18.8. The van der Waals surface area contributed by atoms with Crippen molar-refractivity contribution >= 4 is 0 Å². The quantitative estimate of drug-likeness (QED) is 0.388. The number of phenols is 2. The van der Waals surface area contributed by atoms with Gasteiger partial charge in [-0.2, -0.15) is 0 Å². The Labute approximate surface area is 253 Å². The molecule has 2 aromatic rings. The van der Waals surface area contributed by atoms with E-state index in [2.05, 4.69) is 38.1 Å². The van der Waals surface area contributed by atoms with Crippen LogP contribution in [0.4, 0.5) is 0 Å². The highest BCUT2D eigenvalue weighted by Crippen LogP contribution is 2.79. The molecule has 9 rings (SSSR count). The van der Waals surface area contributed by atoms with Gasteiger partial charge in [-0.15, -0.1) is 0 Å². The van der Waals surface area contributed by atoms with Crippen molar-refractivity contribution in [2.75, 3.05) is 0 Å². The lowest BCUT2D eigenvalue weighted by molar-refractivity contribution is -0.102. The number of benzene rings is 2. The Balaban J connectivity index is 0.969. The topological polar surface area (TPSA) is 40.5 Å². The summed E-state index contributed by atoms with van der Waals surface area (Å²) < 4.78 is 0. The van der Waals surface area contributed by atoms with Crippen molar-refractivity contribution in [1.82, 2.24) is 0 Å². The van der Waals surface area contributed by atoms with Crippen LogP contribution in [0.25, 0.3) is 0 Å². The second-order valence-electron chi connectivity index (χ2n) is 16.5. The average Bonchev–Trinajstić information content (AvgIpc) is 3.72. The van der Waals surface area contributed by atoms with Crippen LogP contribution in [0.15, 0.2) is 24.3 Å². The number of rotatable bonds is 4. The van der Waals surface area contributed by atoms with E-state index in [9.17, 15) is 10.2 Å². The fourth-order valence-electron chi connectivity index (χ4n) is 13.4. The maximum Gasteiger partial charge on any atom is 0.119 e. The molecule has 0 saturated heterocycles. The highest BCUT2D eigenvalue weighted by Gasteiger charge is 2.72. The molecule has 42 heavy (non-hydrogen) atoms. The molecule has 224 valence electrons. The molecule has 7 saturated carbocycles. The van der Waals surface area contributed by atoms with Gasteiger partial charge in [0.15, 0.2) is 0 Å². The van der Waals surface area contributed by atoms with Crippen LogP contribution in [-0.2, 0) is 0 Å². The normalized spacial score (nSPS) is 40.7. The number of phenolic OH excluding ortho intramolecular Hbond substituents is 2. The first kappa shape index (κ1) is 26.4. The van der Waals surface area contributed by atoms with Crippen molar-refractivity contribution in [3.8, 4) is 11.5 Å². The standard InChI is InChI=1S/C40H52O2/c1-21-13-35(41)29(23-9-5-3-6-10-23)19-27(21)31-15-25-17-33(31)39-37(25)40-34-18-26(38(39)40)16-32(34)28-20-30(36(42)14-22(28)2)24-11-7-4-8-12-24/h13-14,19-20,23-26,31-34,37-42H,3-12,15-18H2,1-2H3. The smallest absolute Gasteiger partial charge is 0.119 e. The minimum absolute atomic E-state index is 0.571. The van der Waals surface area contributed by atoms with E-state index in [-0.39, 0.29) is 0 Å². The van der Waals surface area contributed by atoms with E-state index in [0.717, 1.165) is 59.2 Å². The Morgan fingerprint density at radius 3 is 1.29 bits per heavy atom. The number of hydrogen-bond acceptors (Lipinski definition) is 2. The Bertz CT molecular complexity index is 1260. The molecule has 2 aromatic carbocycles. The lowest BCUT2D eigenvalue weighted by Crippen LogP contribution is -2.54. The fourth-order valence-corrected chi connectivity index (χ4v) is 13.4. The van der Waals surface area contributed by atoms with Crippen molar-refractivity contribution in [2.24, 2.45) is 47.3 Å². The molecule has 2 N–H and O–H groups in total. The maximum atomic E-state index is 11.0. The van der Waals surface area contributed by atoms with Crippen molar-refractivity contribution in [2.45, 2.75) is 127 Å². The molecule has 6 unspecified atom stereocenters. The van der Waals surface area contributed by atoms with E-state index in [0.29, 0.717) is 23.3 Å². The van der Waals surface area contributed by atoms with Gasteiger partial charge in [0.25, 0.3) is 0 Å². The van der Waals surface area contributed by atoms with Crippen molar-refractivity contribution < 1.29 is 10.2 Å². The van der Waals surface area contributed by atoms with Crippen LogP contribution in [0.1, 0.15) is 147 Å². The Hall–Kier alpha value is -1.96. The van der Waals surface area contributed by atoms with Gasteiger partial charge >= 0.3 is 0 Å². The third-order valence-corrected chi connectivity index (χ3v) is 14.9. The van der Waals surface area contributed by atoms with Gasteiger partial charge in [-0.3, -0.25) is 0 Å². The second-order valence-corrected chi connectivity index (χ2v) is 16.5. The molecule has 0 spiro atoms. The third-order valence-electron chi connectivity index (χ3n) is 14.9. The molecule has 7 fully saturated rings. The Morgan fingerprint density at radius 2 is 0.881 bits per heavy atom. The van der Waals surface area contributed by atoms with E-state index in [4.69, 9.17) is 0 Å². The largest absolute Gasteiger partial charge is 0.508 e. The number of fused-ring (bicyclic) bond motifs is 12. The maximum absolute atomic E-state index is 11.0. The van der Waals surface area contributed by atoms with Crippen LogP contribution in [-0.4, -0.2) is 10.2 Å². The Morgan fingerprint density at radius 1 is 0.476 bits per heavy atom. The minimum Gasteiger partial charge on any atom is -0.508 e. The first-order valence-electron chi connectivity index (χ1n) is 18.1. The monoisotopic (exact) mass is 564 g/mol. The molecular weight excluding hydrogens is 512 g/mol. The van der Waals surface area contributed by atoms with Crippen LogP contribution in [0.2, 0.25) is 0 Å². The summed E-state index contributed by atoms with van der Waals surface area (Å²) in [5, 5.41) is 21.9.